The Morgan fingerprint density at radius 3 is 1.73 bits per heavy atom. The van der Waals surface area contributed by atoms with Crippen LogP contribution in [0.2, 0.25) is 15.1 Å². The number of anilines is 1. The van der Waals surface area contributed by atoms with Gasteiger partial charge in [0.15, 0.2) is 15.0 Å². The van der Waals surface area contributed by atoms with Crippen molar-refractivity contribution in [2.24, 2.45) is 5.10 Å². The molecule has 4 aromatic carbocycles. The lowest BCUT2D eigenvalue weighted by molar-refractivity contribution is -0.110. The van der Waals surface area contributed by atoms with E-state index in [4.69, 9.17) is 39.9 Å². The molecule has 1 spiro atoms. The summed E-state index contributed by atoms with van der Waals surface area (Å²) in [5.41, 5.74) is 5.18. The number of Topliss-reactive ketones (excluding diaryl/α,β-unsaturated/α-hetero) is 1. The lowest BCUT2D eigenvalue weighted by Crippen LogP contribution is -2.34. The molecular formula is C29H19Cl3N2OS2. The predicted octanol–water partition coefficient (Wildman–Crippen LogP) is 8.95. The number of hydrazone groups is 1. The van der Waals surface area contributed by atoms with Crippen LogP contribution in [0.3, 0.4) is 0 Å². The van der Waals surface area contributed by atoms with Gasteiger partial charge in [0.25, 0.3) is 0 Å². The van der Waals surface area contributed by atoms with Crippen molar-refractivity contribution in [1.29, 1.82) is 0 Å². The number of carbonyl (C=O) groups is 1. The van der Waals surface area contributed by atoms with Gasteiger partial charge in [0.05, 0.1) is 10.4 Å². The third kappa shape index (κ3) is 4.00. The van der Waals surface area contributed by atoms with Crippen molar-refractivity contribution in [2.75, 3.05) is 5.01 Å². The summed E-state index contributed by atoms with van der Waals surface area (Å²) in [5.74, 6) is -0.0746. The first kappa shape index (κ1) is 24.9. The summed E-state index contributed by atoms with van der Waals surface area (Å²) in [4.78, 5) is 12.7. The molecule has 184 valence electrons. The number of fused-ring (bicyclic) bond motifs is 2. The molecule has 2 aliphatic rings. The Labute approximate surface area is 238 Å². The number of benzene rings is 4. The molecule has 1 atom stereocenters. The van der Waals surface area contributed by atoms with E-state index in [0.717, 1.165) is 27.9 Å². The van der Waals surface area contributed by atoms with Crippen LogP contribution in [0.25, 0.3) is 0 Å². The van der Waals surface area contributed by atoms with E-state index in [2.05, 4.69) is 42.5 Å². The van der Waals surface area contributed by atoms with Gasteiger partial charge in [-0.05, 0) is 65.2 Å². The van der Waals surface area contributed by atoms with Crippen LogP contribution < -0.4 is 5.01 Å². The van der Waals surface area contributed by atoms with E-state index >= 15 is 0 Å². The largest absolute Gasteiger partial charge is 0.292 e. The van der Waals surface area contributed by atoms with Gasteiger partial charge in [0.1, 0.15) is 0 Å². The van der Waals surface area contributed by atoms with Crippen LogP contribution in [-0.2, 0) is 13.7 Å². The van der Waals surface area contributed by atoms with Gasteiger partial charge < -0.3 is 0 Å². The zero-order chi connectivity index (χ0) is 25.8. The maximum Gasteiger partial charge on any atom is 0.187 e. The van der Waals surface area contributed by atoms with Crippen molar-refractivity contribution in [3.63, 3.8) is 0 Å². The summed E-state index contributed by atoms with van der Waals surface area (Å²) in [7, 11) is 0. The standard InChI is InChI=1S/C29H19Cl3N2OS2/c1-18(35)27-33-34(24-16-14-23(32)15-17-24)29(36-27)26-5-3-2-4-25(26)28(37-29,19-6-10-21(30)11-7-19)20-8-12-22(31)13-9-20/h2-17H,1H3/t29-/m0/s1. The van der Waals surface area contributed by atoms with Crippen LogP contribution in [-0.4, -0.2) is 10.8 Å². The van der Waals surface area contributed by atoms with Gasteiger partial charge in [-0.2, -0.15) is 5.10 Å². The van der Waals surface area contributed by atoms with Gasteiger partial charge in [-0.25, -0.2) is 5.01 Å². The molecule has 2 aliphatic heterocycles. The Bertz CT molecular complexity index is 1490. The summed E-state index contributed by atoms with van der Waals surface area (Å²) in [6, 6.07) is 31.9. The number of rotatable bonds is 4. The highest BCUT2D eigenvalue weighted by Gasteiger charge is 2.61. The first-order valence-corrected chi connectivity index (χ1v) is 14.3. The van der Waals surface area contributed by atoms with E-state index in [-0.39, 0.29) is 5.78 Å². The van der Waals surface area contributed by atoms with Gasteiger partial charge in [-0.15, -0.1) is 0 Å². The minimum Gasteiger partial charge on any atom is -0.292 e. The van der Waals surface area contributed by atoms with E-state index in [0.29, 0.717) is 20.1 Å². The number of nitrogens with zero attached hydrogens (tertiary/aromatic N) is 2. The van der Waals surface area contributed by atoms with Crippen molar-refractivity contribution >= 4 is 74.8 Å². The molecule has 8 heteroatoms. The molecule has 3 nitrogen and oxygen atoms in total. The van der Waals surface area contributed by atoms with Crippen molar-refractivity contribution in [3.8, 4) is 0 Å². The second-order valence-electron chi connectivity index (χ2n) is 8.78. The molecular weight excluding hydrogens is 563 g/mol. The molecule has 0 saturated carbocycles. The fraction of sp³-hybridized carbons (Fsp3) is 0.103. The number of carbonyl (C=O) groups excluding carboxylic acids is 1. The molecule has 2 heterocycles. The number of hydrogen-bond donors (Lipinski definition) is 0. The SMILES string of the molecule is CC(=O)C1=NN(c2ccc(Cl)cc2)[C@@]2(S1)SC(c1ccc(Cl)cc1)(c1ccc(Cl)cc1)c1ccccc12. The smallest absolute Gasteiger partial charge is 0.187 e. The normalized spacial score (nSPS) is 19.7. The fourth-order valence-electron chi connectivity index (χ4n) is 4.88. The summed E-state index contributed by atoms with van der Waals surface area (Å²) >= 11 is 22.1. The van der Waals surface area contributed by atoms with Crippen molar-refractivity contribution in [3.05, 3.63) is 134 Å². The molecule has 0 saturated heterocycles. The van der Waals surface area contributed by atoms with Crippen LogP contribution in [0.15, 0.2) is 102 Å². The predicted molar refractivity (Wildman–Crippen MR) is 158 cm³/mol. The molecule has 0 amide bonds. The molecule has 6 rings (SSSR count). The van der Waals surface area contributed by atoms with E-state index in [1.807, 2.05) is 59.6 Å². The van der Waals surface area contributed by atoms with E-state index in [9.17, 15) is 4.79 Å². The van der Waals surface area contributed by atoms with Crippen LogP contribution in [0, 0.1) is 0 Å². The van der Waals surface area contributed by atoms with Crippen LogP contribution in [0.4, 0.5) is 5.69 Å². The number of halogens is 3. The monoisotopic (exact) mass is 580 g/mol. The molecule has 0 N–H and O–H groups in total. The van der Waals surface area contributed by atoms with Gasteiger partial charge >= 0.3 is 0 Å². The topological polar surface area (TPSA) is 32.7 Å². The highest BCUT2D eigenvalue weighted by Crippen LogP contribution is 2.70. The van der Waals surface area contributed by atoms with Crippen molar-refractivity contribution in [1.82, 2.24) is 0 Å². The Morgan fingerprint density at radius 2 is 1.22 bits per heavy atom. The Balaban J connectivity index is 1.64. The second-order valence-corrected chi connectivity index (χ2v) is 12.9. The summed E-state index contributed by atoms with van der Waals surface area (Å²) in [5, 5.41) is 9.25. The van der Waals surface area contributed by atoms with Crippen molar-refractivity contribution in [2.45, 2.75) is 15.9 Å². The van der Waals surface area contributed by atoms with E-state index < -0.39 is 8.95 Å². The minimum atomic E-state index is -0.745. The van der Waals surface area contributed by atoms with Crippen LogP contribution in [0.1, 0.15) is 29.2 Å². The third-order valence-electron chi connectivity index (χ3n) is 6.52. The third-order valence-corrected chi connectivity index (χ3v) is 10.7. The number of ketones is 1. The summed E-state index contributed by atoms with van der Waals surface area (Å²) in [6.07, 6.45) is 0. The lowest BCUT2D eigenvalue weighted by Gasteiger charge is -2.37. The average molecular weight is 582 g/mol. The molecule has 0 aliphatic carbocycles. The molecule has 0 fully saturated rings. The van der Waals surface area contributed by atoms with E-state index in [1.54, 1.807) is 18.7 Å². The van der Waals surface area contributed by atoms with Crippen LogP contribution in [0.5, 0.6) is 0 Å². The molecule has 4 aromatic rings. The lowest BCUT2D eigenvalue weighted by atomic mass is 9.82. The average Bonchev–Trinajstić information content (AvgIpc) is 3.43. The van der Waals surface area contributed by atoms with E-state index in [1.165, 1.54) is 11.8 Å². The number of hydrogen-bond acceptors (Lipinski definition) is 5. The molecule has 0 radical (unpaired) electrons. The highest BCUT2D eigenvalue weighted by molar-refractivity contribution is 8.27. The maximum absolute atomic E-state index is 12.7. The first-order valence-electron chi connectivity index (χ1n) is 11.5. The Morgan fingerprint density at radius 1 is 0.730 bits per heavy atom. The summed E-state index contributed by atoms with van der Waals surface area (Å²) in [6.45, 7) is 1.56. The van der Waals surface area contributed by atoms with Gasteiger partial charge in [0.2, 0.25) is 0 Å². The Hall–Kier alpha value is -2.41. The maximum atomic E-state index is 12.7. The highest BCUT2D eigenvalue weighted by atomic mass is 35.5. The molecule has 0 unspecified atom stereocenters. The number of thioether (sulfide) groups is 2. The minimum absolute atomic E-state index is 0.0746. The molecule has 37 heavy (non-hydrogen) atoms. The first-order chi connectivity index (χ1) is 17.8. The Kier molecular flexibility index (Phi) is 6.33. The summed E-state index contributed by atoms with van der Waals surface area (Å²) < 4.78 is -1.37. The fourth-order valence-corrected chi connectivity index (χ4v) is 8.82. The van der Waals surface area contributed by atoms with Gasteiger partial charge in [-0.3, -0.25) is 4.79 Å². The van der Waals surface area contributed by atoms with Gasteiger partial charge in [0, 0.05) is 27.6 Å². The quantitative estimate of drug-likeness (QED) is 0.241. The molecule has 0 bridgehead atoms. The zero-order valence-corrected chi connectivity index (χ0v) is 23.4. The van der Waals surface area contributed by atoms with Crippen molar-refractivity contribution < 1.29 is 4.79 Å². The zero-order valence-electron chi connectivity index (χ0n) is 19.5. The van der Waals surface area contributed by atoms with Gasteiger partial charge in [-0.1, -0.05) is 107 Å². The molecule has 0 aromatic heterocycles. The van der Waals surface area contributed by atoms with Crippen LogP contribution >= 0.6 is 58.3 Å². The second kappa shape index (κ2) is 9.40.